The smallest absolute Gasteiger partial charge is 0.275 e. The Hall–Kier alpha value is -3.02. The van der Waals surface area contributed by atoms with Crippen LogP contribution < -0.4 is 10.9 Å². The molecule has 0 bridgehead atoms. The summed E-state index contributed by atoms with van der Waals surface area (Å²) in [5.74, 6) is -0.656. The Morgan fingerprint density at radius 2 is 1.79 bits per heavy atom. The lowest BCUT2D eigenvalue weighted by atomic mass is 10.1. The van der Waals surface area contributed by atoms with E-state index in [9.17, 15) is 14.0 Å². The number of hydrogen-bond donors (Lipinski definition) is 1. The summed E-state index contributed by atoms with van der Waals surface area (Å²) in [5.41, 5.74) is 1.17. The first-order valence-corrected chi connectivity index (χ1v) is 7.52. The summed E-state index contributed by atoms with van der Waals surface area (Å²) in [4.78, 5) is 24.5. The molecule has 3 aromatic rings. The predicted octanol–water partition coefficient (Wildman–Crippen LogP) is 2.16. The van der Waals surface area contributed by atoms with Crippen molar-refractivity contribution in [3.05, 3.63) is 76.0 Å². The van der Waals surface area contributed by atoms with Gasteiger partial charge >= 0.3 is 0 Å². The fraction of sp³-hybridized carbons (Fsp3) is 0.167. The summed E-state index contributed by atoms with van der Waals surface area (Å²) in [6.45, 7) is 1.90. The average Bonchev–Trinajstić information content (AvgIpc) is 2.59. The van der Waals surface area contributed by atoms with Crippen LogP contribution in [0.3, 0.4) is 0 Å². The molecule has 0 aliphatic rings. The van der Waals surface area contributed by atoms with Crippen LogP contribution in [-0.2, 0) is 17.9 Å². The van der Waals surface area contributed by atoms with Crippen molar-refractivity contribution < 1.29 is 9.18 Å². The quantitative estimate of drug-likeness (QED) is 0.799. The second kappa shape index (κ2) is 6.62. The van der Waals surface area contributed by atoms with Gasteiger partial charge in [-0.3, -0.25) is 9.59 Å². The lowest BCUT2D eigenvalue weighted by molar-refractivity contribution is -0.122. The first-order valence-electron chi connectivity index (χ1n) is 7.52. The topological polar surface area (TPSA) is 64.0 Å². The minimum atomic E-state index is -0.330. The number of carbonyl (C=O) groups is 1. The molecule has 1 amide bonds. The molecule has 0 aliphatic carbocycles. The van der Waals surface area contributed by atoms with E-state index in [-0.39, 0.29) is 30.4 Å². The van der Waals surface area contributed by atoms with Gasteiger partial charge < -0.3 is 5.32 Å². The number of aryl methyl sites for hydroxylation is 1. The Morgan fingerprint density at radius 3 is 2.50 bits per heavy atom. The maximum absolute atomic E-state index is 12.8. The van der Waals surface area contributed by atoms with Crippen LogP contribution in [-0.4, -0.2) is 15.7 Å². The van der Waals surface area contributed by atoms with Gasteiger partial charge in [-0.15, -0.1) is 0 Å². The number of carbonyl (C=O) groups excluding carboxylic acids is 1. The van der Waals surface area contributed by atoms with Crippen LogP contribution >= 0.6 is 0 Å². The molecule has 0 saturated carbocycles. The predicted molar refractivity (Wildman–Crippen MR) is 89.0 cm³/mol. The molecule has 0 spiro atoms. The maximum Gasteiger partial charge on any atom is 0.275 e. The number of hydrogen-bond acceptors (Lipinski definition) is 3. The zero-order chi connectivity index (χ0) is 17.1. The van der Waals surface area contributed by atoms with Crippen molar-refractivity contribution >= 4 is 16.7 Å². The van der Waals surface area contributed by atoms with Gasteiger partial charge in [0.05, 0.1) is 11.1 Å². The fourth-order valence-corrected chi connectivity index (χ4v) is 2.51. The van der Waals surface area contributed by atoms with Crippen molar-refractivity contribution in [2.75, 3.05) is 0 Å². The molecule has 24 heavy (non-hydrogen) atoms. The molecule has 6 heteroatoms. The number of nitrogens with one attached hydrogen (secondary N) is 1. The van der Waals surface area contributed by atoms with Crippen LogP contribution in [0.4, 0.5) is 4.39 Å². The Morgan fingerprint density at radius 1 is 1.12 bits per heavy atom. The Labute approximate surface area is 137 Å². The molecule has 3 rings (SSSR count). The highest BCUT2D eigenvalue weighted by atomic mass is 19.1. The van der Waals surface area contributed by atoms with Gasteiger partial charge in [-0.05, 0) is 30.7 Å². The van der Waals surface area contributed by atoms with E-state index in [0.29, 0.717) is 11.1 Å². The fourth-order valence-electron chi connectivity index (χ4n) is 2.51. The van der Waals surface area contributed by atoms with Crippen molar-refractivity contribution in [1.29, 1.82) is 0 Å². The minimum Gasteiger partial charge on any atom is -0.350 e. The van der Waals surface area contributed by atoms with Crippen molar-refractivity contribution in [1.82, 2.24) is 15.1 Å². The summed E-state index contributed by atoms with van der Waals surface area (Å²) in [6.07, 6.45) is 0. The van der Waals surface area contributed by atoms with Gasteiger partial charge in [-0.1, -0.05) is 30.3 Å². The highest BCUT2D eigenvalue weighted by molar-refractivity contribution is 5.83. The van der Waals surface area contributed by atoms with E-state index in [0.717, 1.165) is 15.6 Å². The normalized spacial score (nSPS) is 10.8. The lowest BCUT2D eigenvalue weighted by Gasteiger charge is -2.09. The Bertz CT molecular complexity index is 949. The molecule has 0 radical (unpaired) electrons. The van der Waals surface area contributed by atoms with E-state index in [1.165, 1.54) is 12.1 Å². The lowest BCUT2D eigenvalue weighted by Crippen LogP contribution is -2.33. The van der Waals surface area contributed by atoms with Crippen LogP contribution in [0.15, 0.2) is 53.3 Å². The number of halogens is 1. The molecule has 5 nitrogen and oxygen atoms in total. The molecular formula is C18H16FN3O2. The number of nitrogens with zero attached hydrogens (tertiary/aromatic N) is 2. The molecule has 2 aromatic carbocycles. The molecular weight excluding hydrogens is 309 g/mol. The van der Waals surface area contributed by atoms with E-state index < -0.39 is 0 Å². The van der Waals surface area contributed by atoms with Crippen LogP contribution in [0, 0.1) is 12.7 Å². The second-order valence-electron chi connectivity index (χ2n) is 5.50. The minimum absolute atomic E-state index is 0.161. The molecule has 0 unspecified atom stereocenters. The van der Waals surface area contributed by atoms with Gasteiger partial charge in [0.15, 0.2) is 0 Å². The van der Waals surface area contributed by atoms with Crippen molar-refractivity contribution in [2.45, 2.75) is 20.0 Å². The van der Waals surface area contributed by atoms with E-state index in [1.54, 1.807) is 31.2 Å². The first kappa shape index (κ1) is 15.9. The van der Waals surface area contributed by atoms with E-state index in [4.69, 9.17) is 0 Å². The van der Waals surface area contributed by atoms with E-state index in [2.05, 4.69) is 10.4 Å². The Balaban J connectivity index is 1.75. The van der Waals surface area contributed by atoms with E-state index >= 15 is 0 Å². The summed E-state index contributed by atoms with van der Waals surface area (Å²) >= 11 is 0. The van der Waals surface area contributed by atoms with Crippen LogP contribution in [0.25, 0.3) is 10.8 Å². The van der Waals surface area contributed by atoms with Crippen molar-refractivity contribution in [3.8, 4) is 0 Å². The van der Waals surface area contributed by atoms with Gasteiger partial charge in [0.2, 0.25) is 5.91 Å². The van der Waals surface area contributed by atoms with Crippen LogP contribution in [0.1, 0.15) is 11.3 Å². The molecule has 0 atom stereocenters. The van der Waals surface area contributed by atoms with Crippen molar-refractivity contribution in [2.24, 2.45) is 0 Å². The summed E-state index contributed by atoms with van der Waals surface area (Å²) in [6, 6.07) is 13.0. The summed E-state index contributed by atoms with van der Waals surface area (Å²) in [7, 11) is 0. The molecule has 1 heterocycles. The largest absolute Gasteiger partial charge is 0.350 e. The molecule has 0 saturated heterocycles. The third-order valence-electron chi connectivity index (χ3n) is 3.75. The average molecular weight is 325 g/mol. The first-order chi connectivity index (χ1) is 11.5. The molecule has 122 valence electrons. The SMILES string of the molecule is Cc1nn(CC(=O)NCc2ccc(F)cc2)c(=O)c2ccccc12. The summed E-state index contributed by atoms with van der Waals surface area (Å²) in [5, 5.41) is 8.22. The second-order valence-corrected chi connectivity index (χ2v) is 5.50. The van der Waals surface area contributed by atoms with Gasteiger partial charge in [0.1, 0.15) is 12.4 Å². The van der Waals surface area contributed by atoms with Crippen LogP contribution in [0.5, 0.6) is 0 Å². The summed E-state index contributed by atoms with van der Waals surface area (Å²) < 4.78 is 14.0. The molecule has 0 fully saturated rings. The number of fused-ring (bicyclic) bond motifs is 1. The van der Waals surface area contributed by atoms with Gasteiger partial charge in [-0.2, -0.15) is 5.10 Å². The van der Waals surface area contributed by atoms with E-state index in [1.807, 2.05) is 12.1 Å². The zero-order valence-corrected chi connectivity index (χ0v) is 13.1. The highest BCUT2D eigenvalue weighted by Crippen LogP contribution is 2.11. The number of aromatic nitrogens is 2. The molecule has 1 aromatic heterocycles. The number of rotatable bonds is 4. The third kappa shape index (κ3) is 3.32. The van der Waals surface area contributed by atoms with Gasteiger partial charge in [0, 0.05) is 11.9 Å². The Kier molecular flexibility index (Phi) is 4.37. The standard InChI is InChI=1S/C18H16FN3O2/c1-12-15-4-2-3-5-16(15)18(24)22(21-12)11-17(23)20-10-13-6-8-14(19)9-7-13/h2-9H,10-11H2,1H3,(H,20,23). The molecule has 0 aliphatic heterocycles. The monoisotopic (exact) mass is 325 g/mol. The highest BCUT2D eigenvalue weighted by Gasteiger charge is 2.10. The third-order valence-corrected chi connectivity index (χ3v) is 3.75. The van der Waals surface area contributed by atoms with Crippen LogP contribution in [0.2, 0.25) is 0 Å². The van der Waals surface area contributed by atoms with Crippen molar-refractivity contribution in [3.63, 3.8) is 0 Å². The zero-order valence-electron chi connectivity index (χ0n) is 13.1. The van der Waals surface area contributed by atoms with Gasteiger partial charge in [-0.25, -0.2) is 9.07 Å². The van der Waals surface area contributed by atoms with Gasteiger partial charge in [0.25, 0.3) is 5.56 Å². The number of benzene rings is 2. The molecule has 1 N–H and O–H groups in total. The maximum atomic E-state index is 12.8. The number of amides is 1.